The number of benzene rings is 1. The first-order valence-corrected chi connectivity index (χ1v) is 6.85. The van der Waals surface area contributed by atoms with Crippen LogP contribution in [0.4, 0.5) is 0 Å². The van der Waals surface area contributed by atoms with Gasteiger partial charge in [-0.05, 0) is 37.1 Å². The van der Waals surface area contributed by atoms with Crippen molar-refractivity contribution in [1.29, 1.82) is 0 Å². The molecule has 1 nitrogen and oxygen atoms in total. The van der Waals surface area contributed by atoms with Crippen molar-refractivity contribution in [2.45, 2.75) is 45.1 Å². The van der Waals surface area contributed by atoms with Crippen LogP contribution in [0.1, 0.15) is 32.3 Å². The summed E-state index contributed by atoms with van der Waals surface area (Å²) in [7, 11) is 0. The lowest BCUT2D eigenvalue weighted by Crippen LogP contribution is -2.55. The van der Waals surface area contributed by atoms with Crippen molar-refractivity contribution in [2.24, 2.45) is 5.41 Å². The summed E-state index contributed by atoms with van der Waals surface area (Å²) in [5.74, 6) is 0.889. The van der Waals surface area contributed by atoms with E-state index in [2.05, 4.69) is 13.8 Å². The lowest BCUT2D eigenvalue weighted by atomic mass is 9.65. The first-order chi connectivity index (χ1) is 7.97. The molecule has 17 heavy (non-hydrogen) atoms. The second kappa shape index (κ2) is 4.70. The van der Waals surface area contributed by atoms with Gasteiger partial charge in [0.05, 0.1) is 0 Å². The molecule has 0 aromatic heterocycles. The molecule has 0 heterocycles. The third-order valence-electron chi connectivity index (χ3n) is 4.04. The van der Waals surface area contributed by atoms with Crippen molar-refractivity contribution in [3.63, 3.8) is 0 Å². The molecule has 0 aliphatic heterocycles. The van der Waals surface area contributed by atoms with E-state index >= 15 is 0 Å². The standard InChI is InChI=1S/C14H18Cl2O/c1-4-14(3)12(16)8-13(14)17-10-5-6-11(15)9(2)7-10/h5-7,12-13H,4,8H2,1-3H3. The molecule has 1 aliphatic rings. The maximum absolute atomic E-state index is 6.27. The van der Waals surface area contributed by atoms with E-state index in [9.17, 15) is 0 Å². The summed E-state index contributed by atoms with van der Waals surface area (Å²) < 4.78 is 6.02. The fourth-order valence-electron chi connectivity index (χ4n) is 2.25. The summed E-state index contributed by atoms with van der Waals surface area (Å²) in [6.07, 6.45) is 2.18. The quantitative estimate of drug-likeness (QED) is 0.717. The maximum Gasteiger partial charge on any atom is 0.120 e. The van der Waals surface area contributed by atoms with Crippen LogP contribution in [0.5, 0.6) is 5.75 Å². The summed E-state index contributed by atoms with van der Waals surface area (Å²) in [5.41, 5.74) is 1.14. The highest BCUT2D eigenvalue weighted by Gasteiger charge is 2.51. The molecule has 94 valence electrons. The van der Waals surface area contributed by atoms with Crippen LogP contribution >= 0.6 is 23.2 Å². The molecule has 1 saturated carbocycles. The number of rotatable bonds is 3. The van der Waals surface area contributed by atoms with Crippen molar-refractivity contribution in [2.75, 3.05) is 0 Å². The van der Waals surface area contributed by atoms with E-state index < -0.39 is 0 Å². The van der Waals surface area contributed by atoms with Gasteiger partial charge >= 0.3 is 0 Å². The molecule has 0 bridgehead atoms. The molecule has 1 aromatic rings. The molecule has 3 atom stereocenters. The van der Waals surface area contributed by atoms with Gasteiger partial charge in [-0.15, -0.1) is 11.6 Å². The van der Waals surface area contributed by atoms with Crippen LogP contribution in [0.3, 0.4) is 0 Å². The number of aryl methyl sites for hydroxylation is 1. The van der Waals surface area contributed by atoms with Gasteiger partial charge in [-0.25, -0.2) is 0 Å². The molecule has 1 aromatic carbocycles. The van der Waals surface area contributed by atoms with Crippen LogP contribution < -0.4 is 4.74 Å². The first kappa shape index (κ1) is 13.0. The zero-order valence-corrected chi connectivity index (χ0v) is 12.0. The van der Waals surface area contributed by atoms with Crippen molar-refractivity contribution in [3.05, 3.63) is 28.8 Å². The van der Waals surface area contributed by atoms with E-state index in [4.69, 9.17) is 27.9 Å². The third kappa shape index (κ3) is 2.28. The molecule has 1 aliphatic carbocycles. The molecule has 0 spiro atoms. The van der Waals surface area contributed by atoms with Crippen molar-refractivity contribution in [3.8, 4) is 5.75 Å². The Hall–Kier alpha value is -0.400. The normalized spacial score (nSPS) is 32.1. The predicted octanol–water partition coefficient (Wildman–Crippen LogP) is 4.82. The van der Waals surface area contributed by atoms with Crippen LogP contribution in [-0.2, 0) is 0 Å². The SMILES string of the molecule is CCC1(C)C(Cl)CC1Oc1ccc(Cl)c(C)c1. The van der Waals surface area contributed by atoms with Gasteiger partial charge in [-0.3, -0.25) is 0 Å². The van der Waals surface area contributed by atoms with Crippen molar-refractivity contribution < 1.29 is 4.74 Å². The highest BCUT2D eigenvalue weighted by molar-refractivity contribution is 6.31. The summed E-state index contributed by atoms with van der Waals surface area (Å²) >= 11 is 12.3. The molecule has 0 radical (unpaired) electrons. The minimum absolute atomic E-state index is 0.0924. The molecule has 0 N–H and O–H groups in total. The Balaban J connectivity index is 2.09. The lowest BCUT2D eigenvalue weighted by molar-refractivity contribution is -0.0295. The number of halogens is 2. The van der Waals surface area contributed by atoms with Crippen LogP contribution in [0.25, 0.3) is 0 Å². The van der Waals surface area contributed by atoms with Gasteiger partial charge in [0.2, 0.25) is 0 Å². The fraction of sp³-hybridized carbons (Fsp3) is 0.571. The average molecular weight is 273 g/mol. The largest absolute Gasteiger partial charge is 0.490 e. The van der Waals surface area contributed by atoms with Gasteiger partial charge in [0.1, 0.15) is 11.9 Å². The van der Waals surface area contributed by atoms with Crippen molar-refractivity contribution >= 4 is 23.2 Å². The molecule has 1 fully saturated rings. The van der Waals surface area contributed by atoms with Crippen LogP contribution in [-0.4, -0.2) is 11.5 Å². The van der Waals surface area contributed by atoms with E-state index in [0.29, 0.717) is 0 Å². The maximum atomic E-state index is 6.27. The second-order valence-corrected chi connectivity index (χ2v) is 6.01. The van der Waals surface area contributed by atoms with Crippen LogP contribution in [0.15, 0.2) is 18.2 Å². The summed E-state index contributed by atoms with van der Waals surface area (Å²) in [4.78, 5) is 0. The number of ether oxygens (including phenoxy) is 1. The second-order valence-electron chi connectivity index (χ2n) is 5.08. The van der Waals surface area contributed by atoms with Gasteiger partial charge in [-0.1, -0.05) is 25.4 Å². The summed E-state index contributed by atoms with van der Waals surface area (Å²) in [6, 6.07) is 5.79. The topological polar surface area (TPSA) is 9.23 Å². The zero-order chi connectivity index (χ0) is 12.6. The first-order valence-electron chi connectivity index (χ1n) is 6.04. The highest BCUT2D eigenvalue weighted by Crippen LogP contribution is 2.49. The number of hydrogen-bond acceptors (Lipinski definition) is 1. The molecular weight excluding hydrogens is 255 g/mol. The number of hydrogen-bond donors (Lipinski definition) is 0. The van der Waals surface area contributed by atoms with E-state index in [0.717, 1.165) is 29.2 Å². The molecule has 3 heteroatoms. The Morgan fingerprint density at radius 1 is 1.47 bits per heavy atom. The van der Waals surface area contributed by atoms with Crippen molar-refractivity contribution in [1.82, 2.24) is 0 Å². The van der Waals surface area contributed by atoms with Gasteiger partial charge in [0, 0.05) is 22.2 Å². The zero-order valence-electron chi connectivity index (χ0n) is 10.5. The lowest BCUT2D eigenvalue weighted by Gasteiger charge is -2.50. The van der Waals surface area contributed by atoms with E-state index in [-0.39, 0.29) is 16.9 Å². The number of alkyl halides is 1. The van der Waals surface area contributed by atoms with E-state index in [1.165, 1.54) is 0 Å². The minimum atomic E-state index is 0.0924. The third-order valence-corrected chi connectivity index (χ3v) is 5.14. The van der Waals surface area contributed by atoms with E-state index in [1.807, 2.05) is 25.1 Å². The van der Waals surface area contributed by atoms with Gasteiger partial charge in [0.25, 0.3) is 0 Å². The van der Waals surface area contributed by atoms with Crippen LogP contribution in [0, 0.1) is 12.3 Å². The molecule has 3 unspecified atom stereocenters. The Bertz CT molecular complexity index is 419. The smallest absolute Gasteiger partial charge is 0.120 e. The molecule has 0 saturated heterocycles. The predicted molar refractivity (Wildman–Crippen MR) is 73.3 cm³/mol. The van der Waals surface area contributed by atoms with Crippen LogP contribution in [0.2, 0.25) is 5.02 Å². The molecule has 2 rings (SSSR count). The Morgan fingerprint density at radius 2 is 2.18 bits per heavy atom. The van der Waals surface area contributed by atoms with Gasteiger partial charge in [-0.2, -0.15) is 0 Å². The Labute approximate surface area is 113 Å². The van der Waals surface area contributed by atoms with Gasteiger partial charge < -0.3 is 4.74 Å². The Morgan fingerprint density at radius 3 is 2.71 bits per heavy atom. The van der Waals surface area contributed by atoms with E-state index in [1.54, 1.807) is 0 Å². The average Bonchev–Trinajstić information content (AvgIpc) is 2.32. The minimum Gasteiger partial charge on any atom is -0.490 e. The molecular formula is C14H18Cl2O. The van der Waals surface area contributed by atoms with Gasteiger partial charge in [0.15, 0.2) is 0 Å². The Kier molecular flexibility index (Phi) is 3.61. The molecule has 0 amide bonds. The summed E-state index contributed by atoms with van der Waals surface area (Å²) in [5, 5.41) is 1.00. The fourth-order valence-corrected chi connectivity index (χ4v) is 2.83. The monoisotopic (exact) mass is 272 g/mol. The highest BCUT2D eigenvalue weighted by atomic mass is 35.5. The summed E-state index contributed by atoms with van der Waals surface area (Å²) in [6.45, 7) is 6.35.